The van der Waals surface area contributed by atoms with Crippen LogP contribution in [0.1, 0.15) is 43.2 Å². The van der Waals surface area contributed by atoms with Crippen molar-refractivity contribution in [2.75, 3.05) is 19.6 Å². The minimum Gasteiger partial charge on any atom is -0.507 e. The number of halogens is 1. The summed E-state index contributed by atoms with van der Waals surface area (Å²) in [5.41, 5.74) is 2.88. The van der Waals surface area contributed by atoms with Crippen LogP contribution in [0.15, 0.2) is 12.1 Å². The molecule has 6 heteroatoms. The normalized spacial score (nSPS) is 25.0. The van der Waals surface area contributed by atoms with Crippen LogP contribution in [0.2, 0.25) is 0 Å². The van der Waals surface area contributed by atoms with Crippen LogP contribution >= 0.6 is 22.6 Å². The minimum absolute atomic E-state index is 0.446. The van der Waals surface area contributed by atoms with Gasteiger partial charge < -0.3 is 20.8 Å². The number of benzene rings is 1. The third-order valence-corrected chi connectivity index (χ3v) is 5.36. The largest absolute Gasteiger partial charge is 0.507 e. The highest BCUT2D eigenvalue weighted by Gasteiger charge is 2.42. The lowest BCUT2D eigenvalue weighted by Crippen LogP contribution is -2.19. The van der Waals surface area contributed by atoms with Gasteiger partial charge in [-0.15, -0.1) is 0 Å². The maximum absolute atomic E-state index is 9.83. The van der Waals surface area contributed by atoms with Gasteiger partial charge in [-0.25, -0.2) is 4.79 Å². The number of fused-ring (bicyclic) bond motifs is 3. The minimum atomic E-state index is -0.961. The smallest absolute Gasteiger partial charge is 0.404 e. The number of nitrogens with one attached hydrogen (secondary N) is 2. The van der Waals surface area contributed by atoms with Crippen molar-refractivity contribution < 1.29 is 15.0 Å². The molecule has 0 spiro atoms. The Morgan fingerprint density at radius 1 is 1.36 bits per heavy atom. The van der Waals surface area contributed by atoms with Crippen LogP contribution in [-0.4, -0.2) is 35.9 Å². The molecule has 5 nitrogen and oxygen atoms in total. The molecule has 3 atom stereocenters. The summed E-state index contributed by atoms with van der Waals surface area (Å²) in [6.45, 7) is 6.70. The zero-order chi connectivity index (χ0) is 16.3. The molecule has 1 amide bonds. The topological polar surface area (TPSA) is 81.6 Å². The molecule has 1 aromatic carbocycles. The lowest BCUT2D eigenvalue weighted by atomic mass is 9.88. The fourth-order valence-corrected chi connectivity index (χ4v) is 4.09. The second kappa shape index (κ2) is 7.50. The molecular weight excluding hydrogens is 395 g/mol. The van der Waals surface area contributed by atoms with Gasteiger partial charge in [-0.1, -0.05) is 6.92 Å². The third-order valence-electron chi connectivity index (χ3n) is 4.50. The molecule has 1 aliphatic carbocycles. The third kappa shape index (κ3) is 3.48. The van der Waals surface area contributed by atoms with Gasteiger partial charge in [0.05, 0.1) is 3.57 Å². The molecule has 2 aliphatic rings. The van der Waals surface area contributed by atoms with E-state index in [1.54, 1.807) is 6.92 Å². The van der Waals surface area contributed by atoms with Gasteiger partial charge in [0, 0.05) is 19.0 Å². The van der Waals surface area contributed by atoms with Crippen LogP contribution in [-0.2, 0) is 0 Å². The van der Waals surface area contributed by atoms with E-state index in [9.17, 15) is 9.90 Å². The lowest BCUT2D eigenvalue weighted by Gasteiger charge is -2.16. The van der Waals surface area contributed by atoms with Crippen molar-refractivity contribution in [1.82, 2.24) is 10.6 Å². The van der Waals surface area contributed by atoms with Crippen molar-refractivity contribution >= 4 is 28.7 Å². The molecule has 0 radical (unpaired) electrons. The highest BCUT2D eigenvalue weighted by atomic mass is 127. The second-order valence-electron chi connectivity index (χ2n) is 5.71. The summed E-state index contributed by atoms with van der Waals surface area (Å²) in [6, 6.07) is 4.19. The molecule has 0 bridgehead atoms. The SMILES string of the molecule is CCC1c2cc(I)c(O)cc2C2CNCC12.CCNC(=O)O. The second-order valence-corrected chi connectivity index (χ2v) is 6.87. The van der Waals surface area contributed by atoms with Crippen molar-refractivity contribution in [2.24, 2.45) is 5.92 Å². The van der Waals surface area contributed by atoms with Crippen molar-refractivity contribution in [3.05, 3.63) is 26.8 Å². The first-order chi connectivity index (χ1) is 10.5. The van der Waals surface area contributed by atoms with E-state index in [0.717, 1.165) is 22.6 Å². The first kappa shape index (κ1) is 17.3. The Balaban J connectivity index is 0.000000254. The Labute approximate surface area is 144 Å². The van der Waals surface area contributed by atoms with Gasteiger partial charge in [-0.3, -0.25) is 0 Å². The van der Waals surface area contributed by atoms with Gasteiger partial charge in [0.25, 0.3) is 0 Å². The van der Waals surface area contributed by atoms with Crippen LogP contribution in [0.4, 0.5) is 4.79 Å². The van der Waals surface area contributed by atoms with E-state index in [4.69, 9.17) is 5.11 Å². The molecule has 3 rings (SSSR count). The van der Waals surface area contributed by atoms with Crippen molar-refractivity contribution in [2.45, 2.75) is 32.1 Å². The van der Waals surface area contributed by atoms with E-state index < -0.39 is 6.09 Å². The average Bonchev–Trinajstić information content (AvgIpc) is 3.01. The van der Waals surface area contributed by atoms with E-state index in [0.29, 0.717) is 24.1 Å². The maximum Gasteiger partial charge on any atom is 0.404 e. The molecule has 1 aliphatic heterocycles. The Hall–Kier alpha value is -1.02. The number of hydrogen-bond acceptors (Lipinski definition) is 3. The standard InChI is InChI=1S/C13H16INO.C3H7NO2/c1-2-7-8-3-12(14)13(16)4-9(8)11-6-15-5-10(7)11;1-2-4-3(5)6/h3-4,7,10-11,15-16H,2,5-6H2,1H3;4H,2H2,1H3,(H,5,6). The van der Waals surface area contributed by atoms with E-state index in [1.165, 1.54) is 17.5 Å². The molecule has 3 unspecified atom stereocenters. The number of carboxylic acid groups (broad SMARTS) is 1. The monoisotopic (exact) mass is 418 g/mol. The number of phenolic OH excluding ortho intramolecular Hbond substituents is 1. The highest BCUT2D eigenvalue weighted by molar-refractivity contribution is 14.1. The number of aromatic hydroxyl groups is 1. The summed E-state index contributed by atoms with van der Waals surface area (Å²) in [5, 5.41) is 23.2. The summed E-state index contributed by atoms with van der Waals surface area (Å²) < 4.78 is 0.989. The summed E-state index contributed by atoms with van der Waals surface area (Å²) in [6.07, 6.45) is 0.244. The molecule has 22 heavy (non-hydrogen) atoms. The summed E-state index contributed by atoms with van der Waals surface area (Å²) in [5.74, 6) is 2.51. The van der Waals surface area contributed by atoms with Gasteiger partial charge >= 0.3 is 6.09 Å². The van der Waals surface area contributed by atoms with Crippen molar-refractivity contribution in [3.8, 4) is 5.75 Å². The van der Waals surface area contributed by atoms with Gasteiger partial charge in [0.15, 0.2) is 0 Å². The summed E-state index contributed by atoms with van der Waals surface area (Å²) in [4.78, 5) is 9.49. The van der Waals surface area contributed by atoms with Gasteiger partial charge in [-0.2, -0.15) is 0 Å². The molecular formula is C16H23IN2O3. The Morgan fingerprint density at radius 2 is 2.09 bits per heavy atom. The van der Waals surface area contributed by atoms with Crippen LogP contribution in [0, 0.1) is 9.49 Å². The van der Waals surface area contributed by atoms with Gasteiger partial charge in [0.1, 0.15) is 5.75 Å². The molecule has 1 aromatic rings. The van der Waals surface area contributed by atoms with E-state index in [-0.39, 0.29) is 0 Å². The van der Waals surface area contributed by atoms with Crippen molar-refractivity contribution in [3.63, 3.8) is 0 Å². The van der Waals surface area contributed by atoms with Crippen LogP contribution in [0.5, 0.6) is 5.75 Å². The molecule has 1 fully saturated rings. The van der Waals surface area contributed by atoms with Gasteiger partial charge in [-0.05, 0) is 77.6 Å². The Kier molecular flexibility index (Phi) is 5.91. The maximum atomic E-state index is 9.83. The van der Waals surface area contributed by atoms with Crippen LogP contribution < -0.4 is 10.6 Å². The van der Waals surface area contributed by atoms with Crippen LogP contribution in [0.25, 0.3) is 0 Å². The quantitative estimate of drug-likeness (QED) is 0.557. The number of rotatable bonds is 2. The molecule has 122 valence electrons. The Morgan fingerprint density at radius 3 is 2.64 bits per heavy atom. The fourth-order valence-electron chi connectivity index (χ4n) is 3.60. The zero-order valence-corrected chi connectivity index (χ0v) is 15.1. The first-order valence-corrected chi connectivity index (χ1v) is 8.77. The zero-order valence-electron chi connectivity index (χ0n) is 12.9. The van der Waals surface area contributed by atoms with Crippen LogP contribution in [0.3, 0.4) is 0 Å². The van der Waals surface area contributed by atoms with E-state index >= 15 is 0 Å². The molecule has 0 saturated carbocycles. The molecule has 4 N–H and O–H groups in total. The van der Waals surface area contributed by atoms with Crippen molar-refractivity contribution in [1.29, 1.82) is 0 Å². The lowest BCUT2D eigenvalue weighted by molar-refractivity contribution is 0.195. The average molecular weight is 418 g/mol. The highest BCUT2D eigenvalue weighted by Crippen LogP contribution is 2.51. The predicted octanol–water partition coefficient (Wildman–Crippen LogP) is 3.08. The van der Waals surface area contributed by atoms with E-state index in [1.807, 2.05) is 6.07 Å². The summed E-state index contributed by atoms with van der Waals surface area (Å²) in [7, 11) is 0. The number of phenols is 1. The molecule has 0 aromatic heterocycles. The van der Waals surface area contributed by atoms with Gasteiger partial charge in [0.2, 0.25) is 0 Å². The fraction of sp³-hybridized carbons (Fsp3) is 0.562. The number of amides is 1. The Bertz CT molecular complexity index is 529. The molecule has 1 heterocycles. The first-order valence-electron chi connectivity index (χ1n) is 7.69. The molecule has 1 saturated heterocycles. The number of carbonyl (C=O) groups is 1. The van der Waals surface area contributed by atoms with E-state index in [2.05, 4.69) is 46.2 Å². The summed E-state index contributed by atoms with van der Waals surface area (Å²) >= 11 is 2.22. The number of hydrogen-bond donors (Lipinski definition) is 4. The predicted molar refractivity (Wildman–Crippen MR) is 94.7 cm³/mol.